The highest BCUT2D eigenvalue weighted by Gasteiger charge is 2.19. The van der Waals surface area contributed by atoms with Crippen LogP contribution in [0.4, 0.5) is 17.4 Å². The smallest absolute Gasteiger partial charge is 0.306 e. The van der Waals surface area contributed by atoms with E-state index in [1.54, 1.807) is 35.6 Å². The van der Waals surface area contributed by atoms with Crippen LogP contribution in [0.25, 0.3) is 0 Å². The Hall–Kier alpha value is -3.15. The number of oxazole rings is 1. The largest absolute Gasteiger partial charge is 0.432 e. The van der Waals surface area contributed by atoms with E-state index in [1.807, 2.05) is 25.1 Å². The molecular formula is C16H14N4O2. The Morgan fingerprint density at radius 2 is 2.14 bits per heavy atom. The average molecular weight is 294 g/mol. The van der Waals surface area contributed by atoms with Crippen molar-refractivity contribution in [2.75, 3.05) is 4.90 Å². The Labute approximate surface area is 127 Å². The molecule has 0 saturated carbocycles. The van der Waals surface area contributed by atoms with E-state index in [2.05, 4.69) is 9.97 Å². The van der Waals surface area contributed by atoms with E-state index in [4.69, 9.17) is 10.2 Å². The number of benzene rings is 1. The first-order valence-corrected chi connectivity index (χ1v) is 6.67. The predicted molar refractivity (Wildman–Crippen MR) is 82.2 cm³/mol. The zero-order chi connectivity index (χ0) is 15.5. The molecule has 0 aliphatic carbocycles. The van der Waals surface area contributed by atoms with Gasteiger partial charge in [0.1, 0.15) is 6.26 Å². The van der Waals surface area contributed by atoms with Crippen LogP contribution in [0.1, 0.15) is 15.9 Å². The lowest BCUT2D eigenvalue weighted by molar-refractivity contribution is 0.100. The van der Waals surface area contributed by atoms with Crippen molar-refractivity contribution >= 4 is 23.3 Å². The fourth-order valence-electron chi connectivity index (χ4n) is 2.17. The van der Waals surface area contributed by atoms with Gasteiger partial charge in [0.25, 0.3) is 0 Å². The first-order valence-electron chi connectivity index (χ1n) is 6.67. The Morgan fingerprint density at radius 1 is 1.27 bits per heavy atom. The zero-order valence-corrected chi connectivity index (χ0v) is 11.9. The van der Waals surface area contributed by atoms with Gasteiger partial charge in [-0.1, -0.05) is 6.07 Å². The molecule has 1 aromatic carbocycles. The van der Waals surface area contributed by atoms with Gasteiger partial charge in [0.2, 0.25) is 5.91 Å². The maximum absolute atomic E-state index is 11.5. The highest BCUT2D eigenvalue weighted by atomic mass is 16.4. The number of primary amides is 1. The summed E-state index contributed by atoms with van der Waals surface area (Å²) in [6.07, 6.45) is 6.43. The Balaban J connectivity index is 2.19. The van der Waals surface area contributed by atoms with Crippen LogP contribution in [-0.2, 0) is 0 Å². The topological polar surface area (TPSA) is 85.3 Å². The lowest BCUT2D eigenvalue weighted by Gasteiger charge is -2.22. The Morgan fingerprint density at radius 3 is 2.77 bits per heavy atom. The van der Waals surface area contributed by atoms with Crippen molar-refractivity contribution in [1.82, 2.24) is 9.97 Å². The first kappa shape index (κ1) is 13.8. The molecule has 1 amide bonds. The maximum Gasteiger partial charge on any atom is 0.306 e. The SMILES string of the molecule is Cc1ccc(C(N)=O)cc1N(c1cccnc1)c1ncco1. The molecule has 0 atom stereocenters. The molecule has 3 rings (SSSR count). The van der Waals surface area contributed by atoms with Crippen LogP contribution in [-0.4, -0.2) is 15.9 Å². The van der Waals surface area contributed by atoms with Gasteiger partial charge in [0.15, 0.2) is 0 Å². The molecule has 2 aromatic heterocycles. The van der Waals surface area contributed by atoms with Gasteiger partial charge in [0, 0.05) is 11.8 Å². The maximum atomic E-state index is 11.5. The molecule has 6 heteroatoms. The van der Waals surface area contributed by atoms with Gasteiger partial charge in [-0.05, 0) is 36.8 Å². The summed E-state index contributed by atoms with van der Waals surface area (Å²) >= 11 is 0. The molecule has 0 bridgehead atoms. The van der Waals surface area contributed by atoms with Gasteiger partial charge in [-0.3, -0.25) is 14.7 Å². The highest BCUT2D eigenvalue weighted by Crippen LogP contribution is 2.35. The molecule has 0 radical (unpaired) electrons. The molecule has 0 aliphatic rings. The van der Waals surface area contributed by atoms with Crippen LogP contribution in [0.15, 0.2) is 59.6 Å². The number of amides is 1. The minimum Gasteiger partial charge on any atom is -0.432 e. The molecule has 110 valence electrons. The van der Waals surface area contributed by atoms with Crippen molar-refractivity contribution in [2.24, 2.45) is 5.73 Å². The van der Waals surface area contributed by atoms with Gasteiger partial charge >= 0.3 is 6.01 Å². The number of rotatable bonds is 4. The van der Waals surface area contributed by atoms with Crippen molar-refractivity contribution in [1.29, 1.82) is 0 Å². The molecule has 2 heterocycles. The lowest BCUT2D eigenvalue weighted by atomic mass is 10.1. The second-order valence-corrected chi connectivity index (χ2v) is 4.73. The average Bonchev–Trinajstić information content (AvgIpc) is 3.04. The van der Waals surface area contributed by atoms with Crippen LogP contribution < -0.4 is 10.6 Å². The van der Waals surface area contributed by atoms with E-state index in [9.17, 15) is 4.79 Å². The number of hydrogen-bond acceptors (Lipinski definition) is 5. The summed E-state index contributed by atoms with van der Waals surface area (Å²) in [5.74, 6) is -0.486. The highest BCUT2D eigenvalue weighted by molar-refractivity contribution is 5.94. The normalized spacial score (nSPS) is 10.4. The van der Waals surface area contributed by atoms with Crippen LogP contribution in [0, 0.1) is 6.92 Å². The van der Waals surface area contributed by atoms with E-state index >= 15 is 0 Å². The molecular weight excluding hydrogens is 280 g/mol. The fraction of sp³-hybridized carbons (Fsp3) is 0.0625. The van der Waals surface area contributed by atoms with Crippen LogP contribution in [0.5, 0.6) is 0 Å². The number of nitrogens with two attached hydrogens (primary N) is 1. The summed E-state index contributed by atoms with van der Waals surface area (Å²) in [5, 5.41) is 0. The van der Waals surface area contributed by atoms with E-state index in [1.165, 1.54) is 6.26 Å². The molecule has 2 N–H and O–H groups in total. The monoisotopic (exact) mass is 294 g/mol. The third kappa shape index (κ3) is 2.54. The standard InChI is InChI=1S/C16H14N4O2/c1-11-4-5-12(15(17)21)9-14(11)20(16-19-7-8-22-16)13-3-2-6-18-10-13/h2-10H,1H3,(H2,17,21). The fourth-order valence-corrected chi connectivity index (χ4v) is 2.17. The number of anilines is 3. The van der Waals surface area contributed by atoms with Crippen LogP contribution >= 0.6 is 0 Å². The quantitative estimate of drug-likeness (QED) is 0.799. The Bertz CT molecular complexity index is 785. The minimum atomic E-state index is -0.486. The van der Waals surface area contributed by atoms with E-state index in [-0.39, 0.29) is 0 Å². The third-order valence-corrected chi connectivity index (χ3v) is 3.25. The summed E-state index contributed by atoms with van der Waals surface area (Å²) < 4.78 is 5.43. The van der Waals surface area contributed by atoms with Crippen molar-refractivity contribution in [3.05, 3.63) is 66.3 Å². The van der Waals surface area contributed by atoms with Gasteiger partial charge in [-0.25, -0.2) is 4.98 Å². The lowest BCUT2D eigenvalue weighted by Crippen LogP contribution is -2.15. The number of carbonyl (C=O) groups is 1. The van der Waals surface area contributed by atoms with Crippen molar-refractivity contribution in [2.45, 2.75) is 6.92 Å². The number of hydrogen-bond donors (Lipinski definition) is 1. The second kappa shape index (κ2) is 5.69. The second-order valence-electron chi connectivity index (χ2n) is 4.73. The van der Waals surface area contributed by atoms with E-state index in [0.717, 1.165) is 16.9 Å². The molecule has 22 heavy (non-hydrogen) atoms. The summed E-state index contributed by atoms with van der Waals surface area (Å²) in [4.78, 5) is 21.6. The van der Waals surface area contributed by atoms with Gasteiger partial charge in [0.05, 0.1) is 23.8 Å². The summed E-state index contributed by atoms with van der Waals surface area (Å²) in [5.41, 5.74) is 8.28. The van der Waals surface area contributed by atoms with Gasteiger partial charge in [-0.15, -0.1) is 0 Å². The van der Waals surface area contributed by atoms with Crippen molar-refractivity contribution < 1.29 is 9.21 Å². The van der Waals surface area contributed by atoms with E-state index in [0.29, 0.717) is 11.6 Å². The number of pyridine rings is 1. The van der Waals surface area contributed by atoms with Crippen LogP contribution in [0.3, 0.4) is 0 Å². The molecule has 0 aliphatic heterocycles. The Kier molecular flexibility index (Phi) is 3.57. The molecule has 6 nitrogen and oxygen atoms in total. The molecule has 0 spiro atoms. The van der Waals surface area contributed by atoms with Crippen LogP contribution in [0.2, 0.25) is 0 Å². The van der Waals surface area contributed by atoms with Gasteiger partial charge < -0.3 is 10.2 Å². The summed E-state index contributed by atoms with van der Waals surface area (Å²) in [6, 6.07) is 9.33. The molecule has 0 unspecified atom stereocenters. The number of aromatic nitrogens is 2. The minimum absolute atomic E-state index is 0.387. The summed E-state index contributed by atoms with van der Waals surface area (Å²) in [6.45, 7) is 1.94. The van der Waals surface area contributed by atoms with E-state index < -0.39 is 5.91 Å². The summed E-state index contributed by atoms with van der Waals surface area (Å²) in [7, 11) is 0. The van der Waals surface area contributed by atoms with Crippen molar-refractivity contribution in [3.63, 3.8) is 0 Å². The van der Waals surface area contributed by atoms with Crippen molar-refractivity contribution in [3.8, 4) is 0 Å². The number of nitrogens with zero attached hydrogens (tertiary/aromatic N) is 3. The predicted octanol–water partition coefficient (Wildman–Crippen LogP) is 2.95. The third-order valence-electron chi connectivity index (χ3n) is 3.25. The number of carbonyl (C=O) groups excluding carboxylic acids is 1. The molecule has 0 fully saturated rings. The first-order chi connectivity index (χ1) is 10.7. The molecule has 0 saturated heterocycles. The molecule has 3 aromatic rings. The van der Waals surface area contributed by atoms with Gasteiger partial charge in [-0.2, -0.15) is 0 Å². The zero-order valence-electron chi connectivity index (χ0n) is 11.9. The number of aryl methyl sites for hydroxylation is 1.